The Morgan fingerprint density at radius 2 is 1.61 bits per heavy atom. The first-order chi connectivity index (χ1) is 13.7. The first-order valence-corrected chi connectivity index (χ1v) is 10.9. The molecule has 1 aliphatic rings. The van der Waals surface area contributed by atoms with Gasteiger partial charge in [-0.05, 0) is 41.0 Å². The van der Waals surface area contributed by atoms with Gasteiger partial charge in [0.1, 0.15) is 0 Å². The standard InChI is InChI=1S/C23H19BrN2OS/c24-21-12-6-17(7-13-21)16-28-23-25-14-15-26(23)22(27)20-10-8-19(9-11-20)18-4-2-1-3-5-18/h1-13H,14-16H2. The molecule has 0 N–H and O–H groups in total. The van der Waals surface area contributed by atoms with E-state index >= 15 is 0 Å². The molecule has 5 heteroatoms. The van der Waals surface area contributed by atoms with Crippen molar-refractivity contribution >= 4 is 38.8 Å². The number of benzene rings is 3. The summed E-state index contributed by atoms with van der Waals surface area (Å²) in [4.78, 5) is 19.3. The molecular formula is C23H19BrN2OS. The van der Waals surface area contributed by atoms with Crippen LogP contribution in [0.5, 0.6) is 0 Å². The third-order valence-electron chi connectivity index (χ3n) is 4.57. The highest BCUT2D eigenvalue weighted by molar-refractivity contribution is 9.10. The summed E-state index contributed by atoms with van der Waals surface area (Å²) in [5.74, 6) is 0.808. The largest absolute Gasteiger partial charge is 0.286 e. The SMILES string of the molecule is O=C(c1ccc(-c2ccccc2)cc1)N1CCN=C1SCc1ccc(Br)cc1. The van der Waals surface area contributed by atoms with Gasteiger partial charge in [-0.1, -0.05) is 82.3 Å². The number of hydrogen-bond acceptors (Lipinski definition) is 3. The lowest BCUT2D eigenvalue weighted by Gasteiger charge is -2.18. The van der Waals surface area contributed by atoms with E-state index in [1.165, 1.54) is 5.56 Å². The molecule has 0 aromatic heterocycles. The Morgan fingerprint density at radius 1 is 0.929 bits per heavy atom. The van der Waals surface area contributed by atoms with Crippen molar-refractivity contribution in [3.05, 3.63) is 94.5 Å². The molecule has 0 saturated carbocycles. The van der Waals surface area contributed by atoms with E-state index in [2.05, 4.69) is 45.2 Å². The molecule has 3 aromatic rings. The van der Waals surface area contributed by atoms with Crippen molar-refractivity contribution in [1.82, 2.24) is 4.90 Å². The van der Waals surface area contributed by atoms with E-state index in [0.29, 0.717) is 18.7 Å². The Labute approximate surface area is 177 Å². The second-order valence-corrected chi connectivity index (χ2v) is 8.34. The van der Waals surface area contributed by atoms with E-state index in [1.54, 1.807) is 16.7 Å². The number of carbonyl (C=O) groups is 1. The smallest absolute Gasteiger partial charge is 0.259 e. The maximum Gasteiger partial charge on any atom is 0.259 e. The summed E-state index contributed by atoms with van der Waals surface area (Å²) in [6.07, 6.45) is 0. The zero-order chi connectivity index (χ0) is 19.3. The molecule has 0 saturated heterocycles. The first kappa shape index (κ1) is 19.0. The molecule has 0 spiro atoms. The van der Waals surface area contributed by atoms with Gasteiger partial charge < -0.3 is 0 Å². The second kappa shape index (κ2) is 8.76. The number of aliphatic imine (C=N–C) groups is 1. The van der Waals surface area contributed by atoms with Gasteiger partial charge in [0.2, 0.25) is 0 Å². The average Bonchev–Trinajstić information content (AvgIpc) is 3.22. The predicted molar refractivity (Wildman–Crippen MR) is 121 cm³/mol. The van der Waals surface area contributed by atoms with Gasteiger partial charge in [-0.3, -0.25) is 14.7 Å². The van der Waals surface area contributed by atoms with Gasteiger partial charge in [0.15, 0.2) is 5.17 Å². The van der Waals surface area contributed by atoms with Gasteiger partial charge in [-0.15, -0.1) is 0 Å². The lowest BCUT2D eigenvalue weighted by molar-refractivity contribution is 0.0860. The van der Waals surface area contributed by atoms with Crippen molar-refractivity contribution in [2.75, 3.05) is 13.1 Å². The summed E-state index contributed by atoms with van der Waals surface area (Å²) < 4.78 is 1.07. The Balaban J connectivity index is 1.43. The highest BCUT2D eigenvalue weighted by atomic mass is 79.9. The van der Waals surface area contributed by atoms with Gasteiger partial charge in [0.05, 0.1) is 6.54 Å². The van der Waals surface area contributed by atoms with E-state index in [-0.39, 0.29) is 5.91 Å². The van der Waals surface area contributed by atoms with Crippen LogP contribution < -0.4 is 0 Å². The van der Waals surface area contributed by atoms with Crippen LogP contribution >= 0.6 is 27.7 Å². The summed E-state index contributed by atoms with van der Waals surface area (Å²) in [6.45, 7) is 1.30. The summed E-state index contributed by atoms with van der Waals surface area (Å²) in [6, 6.07) is 26.2. The lowest BCUT2D eigenvalue weighted by atomic mass is 10.0. The zero-order valence-electron chi connectivity index (χ0n) is 15.2. The molecule has 1 aliphatic heterocycles. The highest BCUT2D eigenvalue weighted by Gasteiger charge is 2.25. The van der Waals surface area contributed by atoms with Crippen LogP contribution in [-0.4, -0.2) is 29.1 Å². The molecule has 140 valence electrons. The van der Waals surface area contributed by atoms with Crippen molar-refractivity contribution in [3.8, 4) is 11.1 Å². The molecule has 3 nitrogen and oxygen atoms in total. The molecule has 0 unspecified atom stereocenters. The van der Waals surface area contributed by atoms with Gasteiger partial charge in [-0.25, -0.2) is 0 Å². The number of carbonyl (C=O) groups excluding carboxylic acids is 1. The number of amides is 1. The van der Waals surface area contributed by atoms with E-state index in [0.717, 1.165) is 26.5 Å². The minimum absolute atomic E-state index is 0.0131. The van der Waals surface area contributed by atoms with Crippen LogP contribution in [0, 0.1) is 0 Å². The molecule has 0 aliphatic carbocycles. The zero-order valence-corrected chi connectivity index (χ0v) is 17.6. The molecule has 0 radical (unpaired) electrons. The third-order valence-corrected chi connectivity index (χ3v) is 6.18. The quantitative estimate of drug-likeness (QED) is 0.498. The summed E-state index contributed by atoms with van der Waals surface area (Å²) in [5.41, 5.74) is 4.16. The Morgan fingerprint density at radius 3 is 2.32 bits per heavy atom. The number of halogens is 1. The first-order valence-electron chi connectivity index (χ1n) is 9.10. The number of nitrogens with zero attached hydrogens (tertiary/aromatic N) is 2. The van der Waals surface area contributed by atoms with Crippen molar-refractivity contribution in [1.29, 1.82) is 0 Å². The van der Waals surface area contributed by atoms with Crippen molar-refractivity contribution in [2.24, 2.45) is 4.99 Å². The number of rotatable bonds is 4. The van der Waals surface area contributed by atoms with Crippen LogP contribution in [0.3, 0.4) is 0 Å². The van der Waals surface area contributed by atoms with Crippen molar-refractivity contribution in [2.45, 2.75) is 5.75 Å². The summed E-state index contributed by atoms with van der Waals surface area (Å²) in [5, 5.41) is 0.806. The molecule has 0 bridgehead atoms. The lowest BCUT2D eigenvalue weighted by Crippen LogP contribution is -2.32. The molecule has 3 aromatic carbocycles. The normalized spacial score (nSPS) is 13.5. The van der Waals surface area contributed by atoms with Crippen LogP contribution in [0.25, 0.3) is 11.1 Å². The molecule has 1 heterocycles. The Hall–Kier alpha value is -2.37. The van der Waals surface area contributed by atoms with E-state index in [1.807, 2.05) is 54.6 Å². The minimum atomic E-state index is 0.0131. The molecule has 0 atom stereocenters. The van der Waals surface area contributed by atoms with Gasteiger partial charge in [0.25, 0.3) is 5.91 Å². The fourth-order valence-corrected chi connectivity index (χ4v) is 4.32. The van der Waals surface area contributed by atoms with Crippen molar-refractivity contribution < 1.29 is 4.79 Å². The summed E-state index contributed by atoms with van der Waals surface area (Å²) in [7, 11) is 0. The van der Waals surface area contributed by atoms with Crippen molar-refractivity contribution in [3.63, 3.8) is 0 Å². The fourth-order valence-electron chi connectivity index (χ4n) is 3.06. The maximum absolute atomic E-state index is 13.0. The molecule has 28 heavy (non-hydrogen) atoms. The molecule has 4 rings (SSSR count). The van der Waals surface area contributed by atoms with Crippen LogP contribution in [0.15, 0.2) is 88.3 Å². The van der Waals surface area contributed by atoms with Crippen LogP contribution in [0.4, 0.5) is 0 Å². The second-order valence-electron chi connectivity index (χ2n) is 6.48. The average molecular weight is 451 g/mol. The monoisotopic (exact) mass is 450 g/mol. The third kappa shape index (κ3) is 4.37. The fraction of sp³-hybridized carbons (Fsp3) is 0.130. The topological polar surface area (TPSA) is 32.7 Å². The Kier molecular flexibility index (Phi) is 5.93. The number of thioether (sulfide) groups is 1. The molecular weight excluding hydrogens is 432 g/mol. The summed E-state index contributed by atoms with van der Waals surface area (Å²) >= 11 is 5.07. The Bertz CT molecular complexity index is 985. The van der Waals surface area contributed by atoms with Crippen LogP contribution in [-0.2, 0) is 5.75 Å². The predicted octanol–water partition coefficient (Wildman–Crippen LogP) is 5.86. The van der Waals surface area contributed by atoms with Gasteiger partial charge in [0, 0.05) is 22.3 Å². The number of hydrogen-bond donors (Lipinski definition) is 0. The minimum Gasteiger partial charge on any atom is -0.286 e. The van der Waals surface area contributed by atoms with E-state index in [9.17, 15) is 4.79 Å². The van der Waals surface area contributed by atoms with Crippen LogP contribution in [0.1, 0.15) is 15.9 Å². The highest BCUT2D eigenvalue weighted by Crippen LogP contribution is 2.24. The van der Waals surface area contributed by atoms with Crippen LogP contribution in [0.2, 0.25) is 0 Å². The van der Waals surface area contributed by atoms with E-state index < -0.39 is 0 Å². The molecule has 0 fully saturated rings. The molecule has 1 amide bonds. The van der Waals surface area contributed by atoms with E-state index in [4.69, 9.17) is 0 Å². The van der Waals surface area contributed by atoms with Gasteiger partial charge >= 0.3 is 0 Å². The van der Waals surface area contributed by atoms with Gasteiger partial charge in [-0.2, -0.15) is 0 Å². The number of amidine groups is 1. The maximum atomic E-state index is 13.0.